The van der Waals surface area contributed by atoms with E-state index < -0.39 is 30.1 Å². The highest BCUT2D eigenvalue weighted by Crippen LogP contribution is 2.20. The quantitative estimate of drug-likeness (QED) is 0.707. The van der Waals surface area contributed by atoms with Crippen molar-refractivity contribution in [3.8, 4) is 0 Å². The van der Waals surface area contributed by atoms with Crippen LogP contribution in [-0.4, -0.2) is 58.3 Å². The number of rotatable bonds is 4. The molecule has 7 nitrogen and oxygen atoms in total. The first kappa shape index (κ1) is 14.6. The summed E-state index contributed by atoms with van der Waals surface area (Å²) in [6.07, 6.45) is 0. The summed E-state index contributed by atoms with van der Waals surface area (Å²) in [5.41, 5.74) is 0. The fourth-order valence-electron chi connectivity index (χ4n) is 1.44. The van der Waals surface area contributed by atoms with Gasteiger partial charge in [-0.15, -0.1) is 11.8 Å². The molecular weight excluding hydrogens is 260 g/mol. The molecule has 1 heterocycles. The van der Waals surface area contributed by atoms with Crippen molar-refractivity contribution in [1.29, 1.82) is 0 Å². The third-order valence-electron chi connectivity index (χ3n) is 2.41. The molecule has 0 aromatic heterocycles. The van der Waals surface area contributed by atoms with E-state index in [-0.39, 0.29) is 6.61 Å². The molecule has 8 heteroatoms. The van der Waals surface area contributed by atoms with Crippen molar-refractivity contribution in [2.75, 3.05) is 18.2 Å². The minimum Gasteiger partial charge on any atom is -0.480 e. The summed E-state index contributed by atoms with van der Waals surface area (Å²) in [4.78, 5) is 35.3. The maximum Gasteiger partial charge on any atom is 0.328 e. The van der Waals surface area contributed by atoms with Crippen LogP contribution in [0.15, 0.2) is 0 Å². The van der Waals surface area contributed by atoms with Crippen LogP contribution in [0, 0.1) is 0 Å². The van der Waals surface area contributed by atoms with Gasteiger partial charge in [0.05, 0.1) is 12.5 Å². The molecule has 0 radical (unpaired) electrons. The zero-order valence-electron chi connectivity index (χ0n) is 10.2. The summed E-state index contributed by atoms with van der Waals surface area (Å²) in [5.74, 6) is -0.918. The van der Waals surface area contributed by atoms with Crippen LogP contribution in [0.25, 0.3) is 0 Å². The van der Waals surface area contributed by atoms with Crippen molar-refractivity contribution in [1.82, 2.24) is 10.2 Å². The van der Waals surface area contributed by atoms with Gasteiger partial charge >= 0.3 is 18.0 Å². The number of urea groups is 1. The van der Waals surface area contributed by atoms with Crippen LogP contribution >= 0.6 is 11.8 Å². The molecule has 0 aliphatic carbocycles. The van der Waals surface area contributed by atoms with Gasteiger partial charge in [-0.1, -0.05) is 0 Å². The average Bonchev–Trinajstić information content (AvgIpc) is 2.78. The lowest BCUT2D eigenvalue weighted by atomic mass is 10.3. The van der Waals surface area contributed by atoms with Gasteiger partial charge in [0, 0.05) is 5.75 Å². The van der Waals surface area contributed by atoms with Crippen molar-refractivity contribution >= 4 is 29.7 Å². The lowest BCUT2D eigenvalue weighted by molar-refractivity contribution is -0.144. The van der Waals surface area contributed by atoms with E-state index in [4.69, 9.17) is 9.84 Å². The molecule has 1 saturated heterocycles. The standard InChI is InChI=1S/C10H16N2O5S/c1-3-17-9(15)6(2)11-10(16)12-5-18-4-7(12)8(13)14/h6-7H,3-5H2,1-2H3,(H,11,16)(H,13,14)/t6?,7-/m0/s1. The number of nitrogens with zero attached hydrogens (tertiary/aromatic N) is 1. The third kappa shape index (κ3) is 3.52. The molecule has 0 bridgehead atoms. The second-order valence-electron chi connectivity index (χ2n) is 3.75. The van der Waals surface area contributed by atoms with E-state index in [0.717, 1.165) is 0 Å². The number of aliphatic carboxylic acids is 1. The second-order valence-corrected chi connectivity index (χ2v) is 4.75. The zero-order valence-corrected chi connectivity index (χ0v) is 11.0. The molecular formula is C10H16N2O5S. The highest BCUT2D eigenvalue weighted by atomic mass is 32.2. The predicted molar refractivity (Wildman–Crippen MR) is 65.2 cm³/mol. The van der Waals surface area contributed by atoms with Gasteiger partial charge in [-0.25, -0.2) is 14.4 Å². The number of esters is 1. The summed E-state index contributed by atoms with van der Waals surface area (Å²) in [5, 5.41) is 11.4. The smallest absolute Gasteiger partial charge is 0.328 e. The number of nitrogens with one attached hydrogen (secondary N) is 1. The van der Waals surface area contributed by atoms with E-state index >= 15 is 0 Å². The largest absolute Gasteiger partial charge is 0.480 e. The number of carboxylic acid groups (broad SMARTS) is 1. The summed E-state index contributed by atoms with van der Waals surface area (Å²) in [6.45, 7) is 3.40. The lowest BCUT2D eigenvalue weighted by Crippen LogP contribution is -2.51. The number of carboxylic acids is 1. The van der Waals surface area contributed by atoms with Gasteiger partial charge < -0.3 is 20.1 Å². The van der Waals surface area contributed by atoms with Crippen LogP contribution in [-0.2, 0) is 14.3 Å². The summed E-state index contributed by atoms with van der Waals surface area (Å²) in [7, 11) is 0. The average molecular weight is 276 g/mol. The Labute approximate surface area is 109 Å². The van der Waals surface area contributed by atoms with Gasteiger partial charge in [0.25, 0.3) is 0 Å². The summed E-state index contributed by atoms with van der Waals surface area (Å²) in [6, 6.07) is -2.20. The molecule has 102 valence electrons. The fraction of sp³-hybridized carbons (Fsp3) is 0.700. The third-order valence-corrected chi connectivity index (χ3v) is 3.42. The molecule has 1 aliphatic rings. The van der Waals surface area contributed by atoms with Crippen LogP contribution in [0.2, 0.25) is 0 Å². The Morgan fingerprint density at radius 3 is 2.78 bits per heavy atom. The van der Waals surface area contributed by atoms with Crippen LogP contribution in [0.5, 0.6) is 0 Å². The normalized spacial score (nSPS) is 20.3. The highest BCUT2D eigenvalue weighted by molar-refractivity contribution is 7.99. The van der Waals surface area contributed by atoms with Gasteiger partial charge in [0.15, 0.2) is 0 Å². The van der Waals surface area contributed by atoms with E-state index in [0.29, 0.717) is 11.6 Å². The number of carbonyl (C=O) groups excluding carboxylic acids is 2. The molecule has 1 aliphatic heterocycles. The minimum absolute atomic E-state index is 0.233. The van der Waals surface area contributed by atoms with Gasteiger partial charge in [0.2, 0.25) is 0 Å². The van der Waals surface area contributed by atoms with Crippen molar-refractivity contribution < 1.29 is 24.2 Å². The van der Waals surface area contributed by atoms with Gasteiger partial charge in [-0.3, -0.25) is 0 Å². The minimum atomic E-state index is -1.04. The lowest BCUT2D eigenvalue weighted by Gasteiger charge is -2.22. The van der Waals surface area contributed by atoms with E-state index in [1.165, 1.54) is 23.6 Å². The molecule has 0 aromatic carbocycles. The number of ether oxygens (including phenoxy) is 1. The number of amides is 2. The predicted octanol–water partition coefficient (Wildman–Crippen LogP) is 0.107. The first-order valence-electron chi connectivity index (χ1n) is 5.51. The van der Waals surface area contributed by atoms with Gasteiger partial charge in [-0.2, -0.15) is 0 Å². The second kappa shape index (κ2) is 6.48. The molecule has 0 spiro atoms. The Kier molecular flexibility index (Phi) is 5.26. The van der Waals surface area contributed by atoms with E-state index in [1.54, 1.807) is 6.92 Å². The fourth-order valence-corrected chi connectivity index (χ4v) is 2.59. The molecule has 1 rings (SSSR count). The van der Waals surface area contributed by atoms with Gasteiger partial charge in [-0.05, 0) is 13.8 Å². The Balaban J connectivity index is 2.54. The number of thioether (sulfide) groups is 1. The van der Waals surface area contributed by atoms with Crippen LogP contribution < -0.4 is 5.32 Å². The Hall–Kier alpha value is -1.44. The maximum absolute atomic E-state index is 11.8. The molecule has 2 amide bonds. The molecule has 1 unspecified atom stereocenters. The SMILES string of the molecule is CCOC(=O)C(C)NC(=O)N1CSC[C@H]1C(=O)O. The van der Waals surface area contributed by atoms with Crippen LogP contribution in [0.1, 0.15) is 13.8 Å². The number of carbonyl (C=O) groups is 3. The summed E-state index contributed by atoms with van der Waals surface area (Å²) < 4.78 is 4.75. The molecule has 2 N–H and O–H groups in total. The summed E-state index contributed by atoms with van der Waals surface area (Å²) >= 11 is 1.36. The first-order chi connectivity index (χ1) is 8.47. The molecule has 2 atom stereocenters. The Morgan fingerprint density at radius 1 is 1.56 bits per heavy atom. The number of hydrogen-bond acceptors (Lipinski definition) is 5. The molecule has 18 heavy (non-hydrogen) atoms. The van der Waals surface area contributed by atoms with Crippen molar-refractivity contribution in [2.24, 2.45) is 0 Å². The van der Waals surface area contributed by atoms with Crippen molar-refractivity contribution in [3.63, 3.8) is 0 Å². The topological polar surface area (TPSA) is 95.9 Å². The van der Waals surface area contributed by atoms with E-state index in [1.807, 2.05) is 0 Å². The molecule has 1 fully saturated rings. The zero-order chi connectivity index (χ0) is 13.7. The first-order valence-corrected chi connectivity index (χ1v) is 6.67. The molecule has 0 aromatic rings. The van der Waals surface area contributed by atoms with E-state index in [2.05, 4.69) is 5.32 Å². The van der Waals surface area contributed by atoms with Crippen LogP contribution in [0.3, 0.4) is 0 Å². The Morgan fingerprint density at radius 2 is 2.22 bits per heavy atom. The molecule has 0 saturated carbocycles. The van der Waals surface area contributed by atoms with Gasteiger partial charge in [0.1, 0.15) is 12.1 Å². The highest BCUT2D eigenvalue weighted by Gasteiger charge is 2.35. The van der Waals surface area contributed by atoms with E-state index in [9.17, 15) is 14.4 Å². The maximum atomic E-state index is 11.8. The van der Waals surface area contributed by atoms with Crippen molar-refractivity contribution in [3.05, 3.63) is 0 Å². The Bertz CT molecular complexity index is 349. The van der Waals surface area contributed by atoms with Crippen molar-refractivity contribution in [2.45, 2.75) is 25.9 Å². The monoisotopic (exact) mass is 276 g/mol. The number of hydrogen-bond donors (Lipinski definition) is 2. The van der Waals surface area contributed by atoms with Crippen LogP contribution in [0.4, 0.5) is 4.79 Å².